The van der Waals surface area contributed by atoms with E-state index in [9.17, 15) is 9.59 Å². The predicted octanol–water partition coefficient (Wildman–Crippen LogP) is 1.52. The van der Waals surface area contributed by atoms with Gasteiger partial charge in [-0.05, 0) is 36.8 Å². The minimum atomic E-state index is -0.129. The van der Waals surface area contributed by atoms with Gasteiger partial charge in [-0.3, -0.25) is 14.5 Å². The first-order valence-corrected chi connectivity index (χ1v) is 11.1. The minimum Gasteiger partial charge on any atom is -0.360 e. The Balaban J connectivity index is 1.56. The molecule has 1 aromatic carbocycles. The van der Waals surface area contributed by atoms with Crippen molar-refractivity contribution in [2.75, 3.05) is 41.0 Å². The summed E-state index contributed by atoms with van der Waals surface area (Å²) in [5, 5.41) is 5.11. The highest BCUT2D eigenvalue weighted by molar-refractivity contribution is 6.10. The lowest BCUT2D eigenvalue weighted by molar-refractivity contribution is -0.130. The van der Waals surface area contributed by atoms with Crippen LogP contribution >= 0.6 is 0 Å². The van der Waals surface area contributed by atoms with Gasteiger partial charge in [-0.2, -0.15) is 5.10 Å². The van der Waals surface area contributed by atoms with Crippen molar-refractivity contribution in [1.29, 1.82) is 0 Å². The van der Waals surface area contributed by atoms with Crippen LogP contribution in [0.2, 0.25) is 0 Å². The van der Waals surface area contributed by atoms with Gasteiger partial charge in [0, 0.05) is 36.8 Å². The summed E-state index contributed by atoms with van der Waals surface area (Å²) in [4.78, 5) is 35.7. The molecule has 2 amide bonds. The number of fused-ring (bicyclic) bond motifs is 1. The summed E-state index contributed by atoms with van der Waals surface area (Å²) in [6.07, 6.45) is 0. The minimum absolute atomic E-state index is 0.00706. The van der Waals surface area contributed by atoms with Gasteiger partial charge >= 0.3 is 0 Å². The third-order valence-corrected chi connectivity index (χ3v) is 6.10. The topological polar surface area (TPSA) is 124 Å². The summed E-state index contributed by atoms with van der Waals surface area (Å²) >= 11 is 0. The summed E-state index contributed by atoms with van der Waals surface area (Å²) in [6.45, 7) is 8.73. The van der Waals surface area contributed by atoms with Crippen molar-refractivity contribution in [1.82, 2.24) is 9.88 Å². The molecule has 0 radical (unpaired) electrons. The van der Waals surface area contributed by atoms with Gasteiger partial charge in [-0.15, -0.1) is 0 Å². The third kappa shape index (κ3) is 4.21. The van der Waals surface area contributed by atoms with Gasteiger partial charge in [-0.1, -0.05) is 26.0 Å². The molecular formula is C23H30N8O2. The number of carbonyl (C=O) groups is 2. The number of hydrazone groups is 1. The van der Waals surface area contributed by atoms with Crippen LogP contribution in [0.3, 0.4) is 0 Å². The zero-order valence-corrected chi connectivity index (χ0v) is 19.2. The number of nitrogens with two attached hydrogens (primary N) is 2. The van der Waals surface area contributed by atoms with Crippen molar-refractivity contribution in [2.24, 2.45) is 22.7 Å². The Labute approximate surface area is 193 Å². The maximum Gasteiger partial charge on any atom is 0.260 e. The highest BCUT2D eigenvalue weighted by atomic mass is 16.2. The van der Waals surface area contributed by atoms with E-state index in [-0.39, 0.29) is 17.7 Å². The Bertz CT molecular complexity index is 1100. The first kappa shape index (κ1) is 22.5. The maximum absolute atomic E-state index is 13.3. The second-order valence-electron chi connectivity index (χ2n) is 8.49. The first-order chi connectivity index (χ1) is 15.8. The van der Waals surface area contributed by atoms with E-state index in [4.69, 9.17) is 11.7 Å². The van der Waals surface area contributed by atoms with Crippen molar-refractivity contribution < 1.29 is 9.59 Å². The second kappa shape index (κ2) is 9.07. The van der Waals surface area contributed by atoms with E-state index >= 15 is 0 Å². The molecule has 2 aliphatic heterocycles. The molecule has 10 heteroatoms. The molecule has 2 aromatic rings. The van der Waals surface area contributed by atoms with Gasteiger partial charge in [-0.25, -0.2) is 15.8 Å². The summed E-state index contributed by atoms with van der Waals surface area (Å²) in [5.74, 6) is 13.1. The molecule has 0 saturated carbocycles. The van der Waals surface area contributed by atoms with Crippen LogP contribution < -0.4 is 26.5 Å². The number of rotatable bonds is 5. The molecule has 0 aliphatic carbocycles. The van der Waals surface area contributed by atoms with Gasteiger partial charge in [0.2, 0.25) is 5.91 Å². The smallest absolute Gasteiger partial charge is 0.260 e. The number of amides is 2. The van der Waals surface area contributed by atoms with E-state index < -0.39 is 0 Å². The number of aromatic nitrogens is 1. The van der Waals surface area contributed by atoms with Gasteiger partial charge in [0.15, 0.2) is 5.82 Å². The molecule has 1 saturated heterocycles. The Morgan fingerprint density at radius 1 is 1.18 bits per heavy atom. The molecule has 33 heavy (non-hydrogen) atoms. The quantitative estimate of drug-likeness (QED) is 0.306. The monoisotopic (exact) mass is 450 g/mol. The van der Waals surface area contributed by atoms with Crippen LogP contribution in [0, 0.1) is 5.92 Å². The van der Waals surface area contributed by atoms with E-state index in [2.05, 4.69) is 10.1 Å². The van der Waals surface area contributed by atoms with E-state index in [1.54, 1.807) is 23.1 Å². The predicted molar refractivity (Wildman–Crippen MR) is 129 cm³/mol. The van der Waals surface area contributed by atoms with Crippen LogP contribution in [0.25, 0.3) is 0 Å². The summed E-state index contributed by atoms with van der Waals surface area (Å²) in [5.41, 5.74) is 2.43. The molecule has 1 aromatic heterocycles. The van der Waals surface area contributed by atoms with Crippen LogP contribution in [-0.2, 0) is 11.3 Å². The second-order valence-corrected chi connectivity index (χ2v) is 8.49. The van der Waals surface area contributed by atoms with Crippen LogP contribution in [0.4, 0.5) is 17.3 Å². The molecule has 2 aliphatic rings. The van der Waals surface area contributed by atoms with Crippen molar-refractivity contribution >= 4 is 35.0 Å². The normalized spacial score (nSPS) is 16.6. The van der Waals surface area contributed by atoms with Crippen molar-refractivity contribution in [3.05, 3.63) is 47.5 Å². The van der Waals surface area contributed by atoms with Gasteiger partial charge < -0.3 is 15.6 Å². The number of hydrazine groups is 1. The zero-order chi connectivity index (χ0) is 23.7. The number of carbonyl (C=O) groups excluding carboxylic acids is 2. The molecule has 0 spiro atoms. The fourth-order valence-corrected chi connectivity index (χ4v) is 4.24. The Kier molecular flexibility index (Phi) is 6.19. The van der Waals surface area contributed by atoms with Crippen LogP contribution in [0.5, 0.6) is 0 Å². The Morgan fingerprint density at radius 3 is 2.64 bits per heavy atom. The van der Waals surface area contributed by atoms with E-state index in [0.29, 0.717) is 49.2 Å². The summed E-state index contributed by atoms with van der Waals surface area (Å²) in [7, 11) is 0. The van der Waals surface area contributed by atoms with E-state index in [1.165, 1.54) is 5.01 Å². The highest BCUT2D eigenvalue weighted by Crippen LogP contribution is 2.31. The van der Waals surface area contributed by atoms with Crippen LogP contribution in [0.1, 0.15) is 36.7 Å². The third-order valence-electron chi connectivity index (χ3n) is 6.10. The Morgan fingerprint density at radius 2 is 1.97 bits per heavy atom. The lowest BCUT2D eigenvalue weighted by atomic mass is 10.1. The number of likely N-dealkylation sites (N-methyl/N-ethyl adjacent to an activating group) is 1. The number of anilines is 3. The SMILES string of the molecule is CCN1CCN(c2ccc3c(c2)C(=O)N(c2cccc(N(N)/C(=N\N)C(C)C)n2)C3)CC1=O. The standard InChI is InChI=1S/C23H30N8O2/c1-4-28-10-11-29(14-21(28)32)17-9-8-16-13-30(23(33)18(16)12-17)19-6-5-7-20(26-19)31(25)22(27-24)15(2)3/h5-9,12,15H,4,10-11,13-14,24-25H2,1-3H3/b27-22-. The molecular weight excluding hydrogens is 420 g/mol. The van der Waals surface area contributed by atoms with Crippen LogP contribution in [-0.4, -0.2) is 53.7 Å². The van der Waals surface area contributed by atoms with E-state index in [1.807, 2.05) is 48.8 Å². The lowest BCUT2D eigenvalue weighted by Crippen LogP contribution is -2.50. The van der Waals surface area contributed by atoms with Crippen LogP contribution in [0.15, 0.2) is 41.5 Å². The highest BCUT2D eigenvalue weighted by Gasteiger charge is 2.31. The molecule has 174 valence electrons. The number of hydrogen-bond donors (Lipinski definition) is 2. The maximum atomic E-state index is 13.3. The average molecular weight is 451 g/mol. The average Bonchev–Trinajstić information content (AvgIpc) is 3.15. The molecule has 0 atom stereocenters. The Hall–Kier alpha value is -3.66. The zero-order valence-electron chi connectivity index (χ0n) is 19.2. The van der Waals surface area contributed by atoms with Crippen molar-refractivity contribution in [3.8, 4) is 0 Å². The fraction of sp³-hybridized carbons (Fsp3) is 0.391. The molecule has 10 nitrogen and oxygen atoms in total. The summed E-state index contributed by atoms with van der Waals surface area (Å²) in [6, 6.07) is 11.1. The lowest BCUT2D eigenvalue weighted by Gasteiger charge is -2.35. The van der Waals surface area contributed by atoms with Gasteiger partial charge in [0.25, 0.3) is 5.91 Å². The number of piperazine rings is 1. The molecule has 0 unspecified atom stereocenters. The van der Waals surface area contributed by atoms with Gasteiger partial charge in [0.1, 0.15) is 11.7 Å². The van der Waals surface area contributed by atoms with Crippen molar-refractivity contribution in [2.45, 2.75) is 27.3 Å². The molecule has 0 bridgehead atoms. The number of nitrogens with zero attached hydrogens (tertiary/aromatic N) is 6. The van der Waals surface area contributed by atoms with Crippen molar-refractivity contribution in [3.63, 3.8) is 0 Å². The molecule has 1 fully saturated rings. The number of pyridine rings is 1. The number of benzene rings is 1. The summed E-state index contributed by atoms with van der Waals surface area (Å²) < 4.78 is 0. The molecule has 4 rings (SSSR count). The molecule has 3 heterocycles. The molecule has 4 N–H and O–H groups in total. The fourth-order valence-electron chi connectivity index (χ4n) is 4.24. The van der Waals surface area contributed by atoms with Gasteiger partial charge in [0.05, 0.1) is 13.1 Å². The number of hydrogen-bond acceptors (Lipinski definition) is 7. The first-order valence-electron chi connectivity index (χ1n) is 11.1. The largest absolute Gasteiger partial charge is 0.360 e. The van der Waals surface area contributed by atoms with E-state index in [0.717, 1.165) is 17.8 Å². The number of amidine groups is 1.